The van der Waals surface area contributed by atoms with Gasteiger partial charge in [0.1, 0.15) is 6.33 Å². The maximum absolute atomic E-state index is 11.7. The molecule has 0 unspecified atom stereocenters. The van der Waals surface area contributed by atoms with Crippen LogP contribution in [0.1, 0.15) is 18.4 Å². The predicted molar refractivity (Wildman–Crippen MR) is 66.8 cm³/mol. The van der Waals surface area contributed by atoms with Crippen LogP contribution >= 0.6 is 0 Å². The molecule has 0 aliphatic heterocycles. The number of nitrogens with zero attached hydrogens (tertiary/aromatic N) is 3. The van der Waals surface area contributed by atoms with Crippen molar-refractivity contribution >= 4 is 11.9 Å². The van der Waals surface area contributed by atoms with Gasteiger partial charge in [0.05, 0.1) is 0 Å². The first-order chi connectivity index (χ1) is 9.00. The van der Waals surface area contributed by atoms with Crippen LogP contribution < -0.4 is 4.74 Å². The van der Waals surface area contributed by atoms with Gasteiger partial charge in [-0.1, -0.05) is 0 Å². The molecule has 0 aromatic carbocycles. The van der Waals surface area contributed by atoms with E-state index in [1.807, 2.05) is 0 Å². The second kappa shape index (κ2) is 7.30. The molecule has 0 aliphatic carbocycles. The zero-order valence-corrected chi connectivity index (χ0v) is 11.0. The number of aromatic nitrogens is 2. The molecule has 7 nitrogen and oxygen atoms in total. The Morgan fingerprint density at radius 1 is 1.47 bits per heavy atom. The van der Waals surface area contributed by atoms with Gasteiger partial charge in [0, 0.05) is 31.8 Å². The minimum atomic E-state index is -0.867. The van der Waals surface area contributed by atoms with Crippen molar-refractivity contribution in [2.24, 2.45) is 0 Å². The fourth-order valence-corrected chi connectivity index (χ4v) is 1.37. The molecule has 0 bridgehead atoms. The van der Waals surface area contributed by atoms with E-state index in [0.29, 0.717) is 18.8 Å². The number of amides is 1. The Bertz CT molecular complexity index is 450. The van der Waals surface area contributed by atoms with Gasteiger partial charge in [-0.3, -0.25) is 9.59 Å². The van der Waals surface area contributed by atoms with Gasteiger partial charge in [-0.15, -0.1) is 0 Å². The van der Waals surface area contributed by atoms with E-state index in [4.69, 9.17) is 9.84 Å². The van der Waals surface area contributed by atoms with Crippen LogP contribution in [0.2, 0.25) is 0 Å². The molecule has 7 heteroatoms. The van der Waals surface area contributed by atoms with Crippen LogP contribution in [0.25, 0.3) is 0 Å². The highest BCUT2D eigenvalue weighted by Gasteiger charge is 2.11. The topological polar surface area (TPSA) is 92.6 Å². The highest BCUT2D eigenvalue weighted by atomic mass is 16.5. The molecular weight excluding hydrogens is 250 g/mol. The summed E-state index contributed by atoms with van der Waals surface area (Å²) in [5, 5.41) is 8.51. The molecule has 0 saturated carbocycles. The van der Waals surface area contributed by atoms with Crippen molar-refractivity contribution < 1.29 is 19.4 Å². The van der Waals surface area contributed by atoms with Crippen LogP contribution in [0.3, 0.4) is 0 Å². The number of carbonyl (C=O) groups is 2. The van der Waals surface area contributed by atoms with E-state index in [1.165, 1.54) is 11.2 Å². The van der Waals surface area contributed by atoms with Crippen LogP contribution in [0.5, 0.6) is 5.88 Å². The molecule has 1 aromatic rings. The molecule has 1 amide bonds. The largest absolute Gasteiger partial charge is 0.481 e. The lowest BCUT2D eigenvalue weighted by molar-refractivity contribution is -0.138. The molecule has 0 aliphatic rings. The van der Waals surface area contributed by atoms with Gasteiger partial charge in [0.25, 0.3) is 5.91 Å². The van der Waals surface area contributed by atoms with Crippen LogP contribution in [0, 0.1) is 6.92 Å². The van der Waals surface area contributed by atoms with Gasteiger partial charge < -0.3 is 14.7 Å². The molecule has 104 valence electrons. The van der Waals surface area contributed by atoms with Crippen molar-refractivity contribution in [3.8, 4) is 5.88 Å². The Hall–Kier alpha value is -2.18. The summed E-state index contributed by atoms with van der Waals surface area (Å²) in [5.41, 5.74) is 0.754. The highest BCUT2D eigenvalue weighted by molar-refractivity contribution is 5.77. The molecule has 0 fully saturated rings. The van der Waals surface area contributed by atoms with E-state index in [2.05, 4.69) is 9.97 Å². The Balaban J connectivity index is 2.34. The van der Waals surface area contributed by atoms with Crippen LogP contribution in [0.15, 0.2) is 12.5 Å². The summed E-state index contributed by atoms with van der Waals surface area (Å²) in [4.78, 5) is 31.2. The van der Waals surface area contributed by atoms with E-state index in [0.717, 1.165) is 5.56 Å². The smallest absolute Gasteiger partial charge is 0.303 e. The van der Waals surface area contributed by atoms with Crippen LogP contribution in [-0.4, -0.2) is 52.1 Å². The lowest BCUT2D eigenvalue weighted by Crippen LogP contribution is -2.32. The number of likely N-dealkylation sites (N-methyl/N-ethyl adjacent to an activating group) is 1. The highest BCUT2D eigenvalue weighted by Crippen LogP contribution is 2.10. The van der Waals surface area contributed by atoms with E-state index >= 15 is 0 Å². The quantitative estimate of drug-likeness (QED) is 0.772. The standard InChI is InChI=1S/C12H17N3O4/c1-9-6-13-8-14-12(9)19-7-10(16)15(2)5-3-4-11(17)18/h6,8H,3-5,7H2,1-2H3,(H,17,18). The molecule has 0 atom stereocenters. The van der Waals surface area contributed by atoms with E-state index in [-0.39, 0.29) is 18.9 Å². The van der Waals surface area contributed by atoms with Gasteiger partial charge >= 0.3 is 5.97 Å². The van der Waals surface area contributed by atoms with Crippen molar-refractivity contribution in [2.45, 2.75) is 19.8 Å². The SMILES string of the molecule is Cc1cncnc1OCC(=O)N(C)CCCC(=O)O. The maximum atomic E-state index is 11.7. The molecule has 0 radical (unpaired) electrons. The second-order valence-corrected chi connectivity index (χ2v) is 4.11. The average molecular weight is 267 g/mol. The number of aliphatic carboxylic acids is 1. The Morgan fingerprint density at radius 3 is 2.84 bits per heavy atom. The molecule has 0 spiro atoms. The third-order valence-electron chi connectivity index (χ3n) is 2.49. The normalized spacial score (nSPS) is 10.0. The minimum Gasteiger partial charge on any atom is -0.481 e. The van der Waals surface area contributed by atoms with Gasteiger partial charge in [-0.05, 0) is 13.3 Å². The first-order valence-electron chi connectivity index (χ1n) is 5.86. The molecule has 1 heterocycles. The second-order valence-electron chi connectivity index (χ2n) is 4.11. The third kappa shape index (κ3) is 5.33. The summed E-state index contributed by atoms with van der Waals surface area (Å²) < 4.78 is 5.29. The Kier molecular flexibility index (Phi) is 5.72. The van der Waals surface area contributed by atoms with E-state index in [9.17, 15) is 9.59 Å². The predicted octanol–water partition coefficient (Wildman–Crippen LogP) is 0.487. The summed E-state index contributed by atoms with van der Waals surface area (Å²) in [7, 11) is 1.61. The molecule has 19 heavy (non-hydrogen) atoms. The lowest BCUT2D eigenvalue weighted by atomic mass is 10.3. The van der Waals surface area contributed by atoms with Crippen molar-refractivity contribution in [3.63, 3.8) is 0 Å². The summed E-state index contributed by atoms with van der Waals surface area (Å²) >= 11 is 0. The number of carbonyl (C=O) groups excluding carboxylic acids is 1. The number of aryl methyl sites for hydroxylation is 1. The van der Waals surface area contributed by atoms with E-state index < -0.39 is 5.97 Å². The Labute approximate surface area is 111 Å². The summed E-state index contributed by atoms with van der Waals surface area (Å²) in [5.74, 6) is -0.709. The zero-order chi connectivity index (χ0) is 14.3. The summed E-state index contributed by atoms with van der Waals surface area (Å²) in [6.45, 7) is 2.05. The van der Waals surface area contributed by atoms with Crippen molar-refractivity contribution in [2.75, 3.05) is 20.2 Å². The first kappa shape index (κ1) is 14.9. The zero-order valence-electron chi connectivity index (χ0n) is 11.0. The third-order valence-corrected chi connectivity index (χ3v) is 2.49. The number of hydrogen-bond acceptors (Lipinski definition) is 5. The van der Waals surface area contributed by atoms with Crippen molar-refractivity contribution in [3.05, 3.63) is 18.1 Å². The average Bonchev–Trinajstić information content (AvgIpc) is 2.36. The number of hydrogen-bond donors (Lipinski definition) is 1. The molecular formula is C12H17N3O4. The fraction of sp³-hybridized carbons (Fsp3) is 0.500. The summed E-state index contributed by atoms with van der Waals surface area (Å²) in [6.07, 6.45) is 3.42. The molecule has 0 saturated heterocycles. The van der Waals surface area contributed by atoms with Crippen molar-refractivity contribution in [1.82, 2.24) is 14.9 Å². The molecule has 1 aromatic heterocycles. The monoisotopic (exact) mass is 267 g/mol. The number of rotatable bonds is 7. The van der Waals surface area contributed by atoms with Gasteiger partial charge in [0.2, 0.25) is 5.88 Å². The summed E-state index contributed by atoms with van der Waals surface area (Å²) in [6, 6.07) is 0. The molecule has 1 rings (SSSR count). The maximum Gasteiger partial charge on any atom is 0.303 e. The number of ether oxygens (including phenoxy) is 1. The van der Waals surface area contributed by atoms with Crippen LogP contribution in [-0.2, 0) is 9.59 Å². The minimum absolute atomic E-state index is 0.0451. The first-order valence-corrected chi connectivity index (χ1v) is 5.86. The lowest BCUT2D eigenvalue weighted by Gasteiger charge is -2.16. The fourth-order valence-electron chi connectivity index (χ4n) is 1.37. The van der Waals surface area contributed by atoms with Gasteiger partial charge in [-0.2, -0.15) is 0 Å². The van der Waals surface area contributed by atoms with Gasteiger partial charge in [-0.25, -0.2) is 9.97 Å². The Morgan fingerprint density at radius 2 is 2.21 bits per heavy atom. The number of carboxylic acids is 1. The van der Waals surface area contributed by atoms with Crippen LogP contribution in [0.4, 0.5) is 0 Å². The number of carboxylic acid groups (broad SMARTS) is 1. The van der Waals surface area contributed by atoms with E-state index in [1.54, 1.807) is 20.2 Å². The molecule has 1 N–H and O–H groups in total. The van der Waals surface area contributed by atoms with Gasteiger partial charge in [0.15, 0.2) is 6.61 Å². The van der Waals surface area contributed by atoms with Crippen molar-refractivity contribution in [1.29, 1.82) is 0 Å².